The summed E-state index contributed by atoms with van der Waals surface area (Å²) in [5.41, 5.74) is 1.75. The van der Waals surface area contributed by atoms with E-state index in [0.717, 1.165) is 24.0 Å². The molecule has 7 nitrogen and oxygen atoms in total. The molecule has 0 unspecified atom stereocenters. The summed E-state index contributed by atoms with van der Waals surface area (Å²) in [6.07, 6.45) is 2.53. The molecule has 0 aliphatic carbocycles. The van der Waals surface area contributed by atoms with E-state index in [0.29, 0.717) is 24.4 Å². The summed E-state index contributed by atoms with van der Waals surface area (Å²) >= 11 is 6.23. The van der Waals surface area contributed by atoms with Gasteiger partial charge in [-0.3, -0.25) is 9.59 Å². The predicted molar refractivity (Wildman–Crippen MR) is 159 cm³/mol. The SMILES string of the molecule is CCCCNC(=O)[C@@H](Cc1ccccc1)N(Cc1cccc(Cl)c1)C(=O)CCCN(C)S(=O)(=O)c1ccccc1. The van der Waals surface area contributed by atoms with Crippen molar-refractivity contribution in [3.05, 3.63) is 101 Å². The molecule has 3 rings (SSSR count). The van der Waals surface area contributed by atoms with Crippen LogP contribution in [0.25, 0.3) is 0 Å². The number of unbranched alkanes of at least 4 members (excludes halogenated alkanes) is 1. The Morgan fingerprint density at radius 1 is 0.900 bits per heavy atom. The Balaban J connectivity index is 1.81. The van der Waals surface area contributed by atoms with Crippen molar-refractivity contribution in [3.63, 3.8) is 0 Å². The average Bonchev–Trinajstić information content (AvgIpc) is 2.95. The van der Waals surface area contributed by atoms with Crippen LogP contribution < -0.4 is 5.32 Å². The van der Waals surface area contributed by atoms with E-state index >= 15 is 0 Å². The van der Waals surface area contributed by atoms with Gasteiger partial charge in [-0.1, -0.05) is 85.6 Å². The number of halogens is 1. The van der Waals surface area contributed by atoms with Crippen molar-refractivity contribution < 1.29 is 18.0 Å². The lowest BCUT2D eigenvalue weighted by molar-refractivity contribution is -0.141. The van der Waals surface area contributed by atoms with Gasteiger partial charge in [0.1, 0.15) is 6.04 Å². The molecule has 0 saturated carbocycles. The minimum atomic E-state index is -3.66. The van der Waals surface area contributed by atoms with E-state index in [9.17, 15) is 18.0 Å². The predicted octanol–water partition coefficient (Wildman–Crippen LogP) is 5.30. The van der Waals surface area contributed by atoms with Crippen LogP contribution >= 0.6 is 11.6 Å². The van der Waals surface area contributed by atoms with Gasteiger partial charge in [-0.2, -0.15) is 0 Å². The van der Waals surface area contributed by atoms with E-state index in [4.69, 9.17) is 11.6 Å². The number of rotatable bonds is 15. The minimum Gasteiger partial charge on any atom is -0.354 e. The molecule has 0 radical (unpaired) electrons. The first-order valence-corrected chi connectivity index (χ1v) is 15.4. The lowest BCUT2D eigenvalue weighted by atomic mass is 10.0. The molecule has 1 N–H and O–H groups in total. The average molecular weight is 584 g/mol. The van der Waals surface area contributed by atoms with E-state index in [1.807, 2.05) is 42.5 Å². The van der Waals surface area contributed by atoms with E-state index in [2.05, 4.69) is 12.2 Å². The molecule has 0 fully saturated rings. The van der Waals surface area contributed by atoms with Gasteiger partial charge in [-0.05, 0) is 48.2 Å². The third kappa shape index (κ3) is 9.18. The lowest BCUT2D eigenvalue weighted by Crippen LogP contribution is -2.50. The summed E-state index contributed by atoms with van der Waals surface area (Å²) < 4.78 is 27.1. The van der Waals surface area contributed by atoms with Gasteiger partial charge in [-0.15, -0.1) is 0 Å². The highest BCUT2D eigenvalue weighted by Gasteiger charge is 2.30. The fourth-order valence-electron chi connectivity index (χ4n) is 4.38. The van der Waals surface area contributed by atoms with Crippen molar-refractivity contribution in [3.8, 4) is 0 Å². The van der Waals surface area contributed by atoms with E-state index < -0.39 is 16.1 Å². The third-order valence-corrected chi connectivity index (χ3v) is 8.76. The van der Waals surface area contributed by atoms with Crippen molar-refractivity contribution in [1.29, 1.82) is 0 Å². The van der Waals surface area contributed by atoms with Gasteiger partial charge in [-0.25, -0.2) is 12.7 Å². The fourth-order valence-corrected chi connectivity index (χ4v) is 5.82. The van der Waals surface area contributed by atoms with Crippen molar-refractivity contribution in [1.82, 2.24) is 14.5 Å². The molecule has 0 aromatic heterocycles. The Labute approximate surface area is 243 Å². The van der Waals surface area contributed by atoms with Crippen LogP contribution in [0, 0.1) is 0 Å². The molecule has 0 spiro atoms. The molecule has 3 aromatic carbocycles. The number of sulfonamides is 1. The molecule has 0 heterocycles. The van der Waals surface area contributed by atoms with Crippen LogP contribution in [0.15, 0.2) is 89.8 Å². The normalized spacial score (nSPS) is 12.2. The second kappa shape index (κ2) is 15.6. The van der Waals surface area contributed by atoms with Gasteiger partial charge in [0.15, 0.2) is 0 Å². The lowest BCUT2D eigenvalue weighted by Gasteiger charge is -2.32. The number of hydrogen-bond acceptors (Lipinski definition) is 4. The highest BCUT2D eigenvalue weighted by molar-refractivity contribution is 7.89. The number of hydrogen-bond donors (Lipinski definition) is 1. The summed E-state index contributed by atoms with van der Waals surface area (Å²) in [4.78, 5) is 29.0. The van der Waals surface area contributed by atoms with Gasteiger partial charge in [0.2, 0.25) is 21.8 Å². The molecular formula is C31H38ClN3O4S. The first-order valence-electron chi connectivity index (χ1n) is 13.6. The zero-order chi connectivity index (χ0) is 29.0. The molecule has 2 amide bonds. The molecule has 0 aliphatic rings. The monoisotopic (exact) mass is 583 g/mol. The number of benzene rings is 3. The third-order valence-electron chi connectivity index (χ3n) is 6.66. The van der Waals surface area contributed by atoms with Crippen molar-refractivity contribution in [2.45, 2.75) is 56.5 Å². The first-order chi connectivity index (χ1) is 19.2. The molecule has 40 heavy (non-hydrogen) atoms. The second-order valence-electron chi connectivity index (χ2n) is 9.74. The highest BCUT2D eigenvalue weighted by atomic mass is 35.5. The number of carbonyl (C=O) groups is 2. The molecular weight excluding hydrogens is 546 g/mol. The summed E-state index contributed by atoms with van der Waals surface area (Å²) in [5, 5.41) is 3.55. The van der Waals surface area contributed by atoms with Gasteiger partial charge in [0.05, 0.1) is 4.90 Å². The summed E-state index contributed by atoms with van der Waals surface area (Å²) in [7, 11) is -2.15. The minimum absolute atomic E-state index is 0.0861. The van der Waals surface area contributed by atoms with Crippen LogP contribution in [0.5, 0.6) is 0 Å². The molecule has 1 atom stereocenters. The summed E-state index contributed by atoms with van der Waals surface area (Å²) in [5.74, 6) is -0.437. The Hall–Kier alpha value is -3.20. The maximum absolute atomic E-state index is 13.7. The number of nitrogens with one attached hydrogen (secondary N) is 1. The van der Waals surface area contributed by atoms with Gasteiger partial charge in [0.25, 0.3) is 0 Å². The Morgan fingerprint density at radius 3 is 2.20 bits per heavy atom. The molecule has 9 heteroatoms. The Kier molecular flexibility index (Phi) is 12.2. The van der Waals surface area contributed by atoms with E-state index in [1.165, 1.54) is 11.4 Å². The van der Waals surface area contributed by atoms with Crippen LogP contribution in [0.3, 0.4) is 0 Å². The van der Waals surface area contributed by atoms with Crippen molar-refractivity contribution in [2.75, 3.05) is 20.1 Å². The maximum atomic E-state index is 13.7. The standard InChI is InChI=1S/C31H38ClN3O4S/c1-3-4-20-33-31(37)29(23-25-13-7-5-8-14-25)35(24-26-15-11-16-27(32)22-26)30(36)19-12-21-34(2)40(38,39)28-17-9-6-10-18-28/h5-11,13-18,22,29H,3-4,12,19-21,23-24H2,1-2H3,(H,33,37)/t29-/m1/s1. The summed E-state index contributed by atoms with van der Waals surface area (Å²) in [6, 6.07) is 24.3. The number of carbonyl (C=O) groups excluding carboxylic acids is 2. The quantitative estimate of drug-likeness (QED) is 0.246. The Morgan fingerprint density at radius 2 is 1.55 bits per heavy atom. The van der Waals surface area contributed by atoms with Gasteiger partial charge < -0.3 is 10.2 Å². The van der Waals surface area contributed by atoms with Crippen LogP contribution in [0.1, 0.15) is 43.7 Å². The summed E-state index contributed by atoms with van der Waals surface area (Å²) in [6.45, 7) is 2.95. The van der Waals surface area contributed by atoms with Crippen molar-refractivity contribution in [2.24, 2.45) is 0 Å². The first kappa shape index (κ1) is 31.3. The van der Waals surface area contributed by atoms with E-state index in [-0.39, 0.29) is 36.2 Å². The fraction of sp³-hybridized carbons (Fsp3) is 0.355. The van der Waals surface area contributed by atoms with Crippen molar-refractivity contribution >= 4 is 33.4 Å². The second-order valence-corrected chi connectivity index (χ2v) is 12.2. The smallest absolute Gasteiger partial charge is 0.243 e. The molecule has 214 valence electrons. The van der Waals surface area contributed by atoms with Gasteiger partial charge >= 0.3 is 0 Å². The molecule has 0 saturated heterocycles. The number of nitrogens with zero attached hydrogens (tertiary/aromatic N) is 2. The zero-order valence-corrected chi connectivity index (χ0v) is 24.7. The molecule has 3 aromatic rings. The van der Waals surface area contributed by atoms with Gasteiger partial charge in [0, 0.05) is 44.5 Å². The largest absolute Gasteiger partial charge is 0.354 e. The van der Waals surface area contributed by atoms with Crippen LogP contribution in [0.2, 0.25) is 5.02 Å². The Bertz CT molecular complexity index is 1340. The number of amides is 2. The van der Waals surface area contributed by atoms with Crippen LogP contribution in [-0.2, 0) is 32.6 Å². The van der Waals surface area contributed by atoms with Crippen LogP contribution in [0.4, 0.5) is 0 Å². The highest BCUT2D eigenvalue weighted by Crippen LogP contribution is 2.20. The maximum Gasteiger partial charge on any atom is 0.243 e. The van der Waals surface area contributed by atoms with Crippen LogP contribution in [-0.4, -0.2) is 55.6 Å². The van der Waals surface area contributed by atoms with E-state index in [1.54, 1.807) is 47.4 Å². The molecule has 0 bridgehead atoms. The zero-order valence-electron chi connectivity index (χ0n) is 23.1. The topological polar surface area (TPSA) is 86.8 Å². The molecule has 0 aliphatic heterocycles.